The standard InChI is InChI=1S/C16H13BrF3N3O6S/c1-22(2)15(24)21-30(27,28)14-8-10(4-5-12(14)23(25)26)29-13-6-3-9(7-11(13)17)16(18,19)20/h3-8H,1-2H3,(H,21,24). The van der Waals surface area contributed by atoms with Gasteiger partial charge in [0.05, 0.1) is 15.0 Å². The molecular weight excluding hydrogens is 499 g/mol. The molecule has 0 atom stereocenters. The van der Waals surface area contributed by atoms with Crippen molar-refractivity contribution in [3.05, 3.63) is 56.5 Å². The lowest BCUT2D eigenvalue weighted by Crippen LogP contribution is -2.38. The van der Waals surface area contributed by atoms with Crippen molar-refractivity contribution in [3.63, 3.8) is 0 Å². The number of alkyl halides is 3. The number of sulfonamides is 1. The number of urea groups is 1. The molecule has 2 aromatic rings. The maximum atomic E-state index is 12.8. The van der Waals surface area contributed by atoms with Gasteiger partial charge in [0.25, 0.3) is 15.7 Å². The molecule has 162 valence electrons. The van der Waals surface area contributed by atoms with E-state index in [2.05, 4.69) is 15.9 Å². The van der Waals surface area contributed by atoms with Gasteiger partial charge in [-0.1, -0.05) is 0 Å². The highest BCUT2D eigenvalue weighted by Crippen LogP contribution is 2.37. The number of nitrogens with zero attached hydrogens (tertiary/aromatic N) is 2. The van der Waals surface area contributed by atoms with Crippen LogP contribution in [-0.4, -0.2) is 38.4 Å². The van der Waals surface area contributed by atoms with Crippen LogP contribution in [0.25, 0.3) is 0 Å². The van der Waals surface area contributed by atoms with Crippen molar-refractivity contribution in [1.82, 2.24) is 9.62 Å². The SMILES string of the molecule is CN(C)C(=O)NS(=O)(=O)c1cc(Oc2ccc(C(F)(F)F)cc2Br)ccc1[N+](=O)[O-]. The number of carbonyl (C=O) groups is 1. The highest BCUT2D eigenvalue weighted by molar-refractivity contribution is 9.10. The molecule has 2 rings (SSSR count). The number of halogens is 4. The fourth-order valence-electron chi connectivity index (χ4n) is 2.07. The Morgan fingerprint density at radius 1 is 1.20 bits per heavy atom. The van der Waals surface area contributed by atoms with E-state index in [4.69, 9.17) is 4.74 Å². The lowest BCUT2D eigenvalue weighted by Gasteiger charge is -2.14. The number of ether oxygens (including phenoxy) is 1. The zero-order valence-electron chi connectivity index (χ0n) is 15.2. The maximum absolute atomic E-state index is 12.8. The second kappa shape index (κ2) is 8.47. The van der Waals surface area contributed by atoms with E-state index >= 15 is 0 Å². The molecule has 2 amide bonds. The van der Waals surface area contributed by atoms with Crippen LogP contribution in [-0.2, 0) is 16.2 Å². The first-order valence-corrected chi connectivity index (χ1v) is 10.1. The highest BCUT2D eigenvalue weighted by Gasteiger charge is 2.31. The van der Waals surface area contributed by atoms with Crippen molar-refractivity contribution < 1.29 is 36.0 Å². The van der Waals surface area contributed by atoms with E-state index in [1.54, 1.807) is 4.72 Å². The van der Waals surface area contributed by atoms with Crippen molar-refractivity contribution in [1.29, 1.82) is 0 Å². The summed E-state index contributed by atoms with van der Waals surface area (Å²) in [6.07, 6.45) is -4.58. The number of rotatable bonds is 5. The summed E-state index contributed by atoms with van der Waals surface area (Å²) in [6, 6.07) is 4.15. The van der Waals surface area contributed by atoms with Gasteiger partial charge in [-0.05, 0) is 40.2 Å². The Hall–Kier alpha value is -2.87. The van der Waals surface area contributed by atoms with Crippen LogP contribution in [0.4, 0.5) is 23.7 Å². The van der Waals surface area contributed by atoms with Gasteiger partial charge in [0, 0.05) is 26.2 Å². The van der Waals surface area contributed by atoms with E-state index in [0.29, 0.717) is 0 Å². The second-order valence-corrected chi connectivity index (χ2v) is 8.44. The third-order valence-electron chi connectivity index (χ3n) is 3.53. The minimum Gasteiger partial charge on any atom is -0.456 e. The van der Waals surface area contributed by atoms with Gasteiger partial charge in [0.1, 0.15) is 11.5 Å². The Morgan fingerprint density at radius 2 is 1.83 bits per heavy atom. The van der Waals surface area contributed by atoms with Gasteiger partial charge in [-0.15, -0.1) is 0 Å². The average Bonchev–Trinajstić information content (AvgIpc) is 2.61. The van der Waals surface area contributed by atoms with E-state index in [1.165, 1.54) is 14.1 Å². The lowest BCUT2D eigenvalue weighted by molar-refractivity contribution is -0.387. The maximum Gasteiger partial charge on any atom is 0.416 e. The Bertz CT molecular complexity index is 1110. The van der Waals surface area contributed by atoms with Gasteiger partial charge in [-0.2, -0.15) is 13.2 Å². The number of carbonyl (C=O) groups excluding carboxylic acids is 1. The molecule has 0 heterocycles. The summed E-state index contributed by atoms with van der Waals surface area (Å²) in [7, 11) is -2.12. The van der Waals surface area contributed by atoms with Crippen molar-refractivity contribution in [2.45, 2.75) is 11.1 Å². The van der Waals surface area contributed by atoms with Gasteiger partial charge in [-0.25, -0.2) is 17.9 Å². The largest absolute Gasteiger partial charge is 0.456 e. The van der Waals surface area contributed by atoms with Crippen molar-refractivity contribution >= 4 is 37.7 Å². The third-order valence-corrected chi connectivity index (χ3v) is 5.50. The molecule has 1 N–H and O–H groups in total. The number of nitro benzene ring substituents is 1. The molecule has 0 aliphatic rings. The summed E-state index contributed by atoms with van der Waals surface area (Å²) in [5, 5.41) is 11.2. The number of nitro groups is 1. The Labute approximate surface area is 176 Å². The molecule has 0 radical (unpaired) electrons. The van der Waals surface area contributed by atoms with E-state index in [9.17, 15) is 36.5 Å². The Morgan fingerprint density at radius 3 is 2.33 bits per heavy atom. The van der Waals surface area contributed by atoms with E-state index in [1.807, 2.05) is 0 Å². The average molecular weight is 512 g/mol. The fourth-order valence-corrected chi connectivity index (χ4v) is 3.74. The summed E-state index contributed by atoms with van der Waals surface area (Å²) in [5.74, 6) is -0.323. The number of hydrogen-bond donors (Lipinski definition) is 1. The Balaban J connectivity index is 2.46. The molecule has 0 unspecified atom stereocenters. The molecule has 2 aromatic carbocycles. The van der Waals surface area contributed by atoms with Crippen LogP contribution in [0.1, 0.15) is 5.56 Å². The van der Waals surface area contributed by atoms with Gasteiger partial charge in [0.15, 0.2) is 4.90 Å². The fraction of sp³-hybridized carbons (Fsp3) is 0.188. The van der Waals surface area contributed by atoms with Crippen LogP contribution in [0.15, 0.2) is 45.8 Å². The molecule has 0 saturated heterocycles. The number of benzene rings is 2. The molecule has 0 saturated carbocycles. The summed E-state index contributed by atoms with van der Waals surface area (Å²) in [5.41, 5.74) is -1.77. The third kappa shape index (κ3) is 5.38. The lowest BCUT2D eigenvalue weighted by atomic mass is 10.2. The van der Waals surface area contributed by atoms with Gasteiger partial charge >= 0.3 is 12.2 Å². The zero-order chi connectivity index (χ0) is 22.9. The smallest absolute Gasteiger partial charge is 0.416 e. The Kier molecular flexibility index (Phi) is 6.61. The normalized spacial score (nSPS) is 11.7. The topological polar surface area (TPSA) is 119 Å². The minimum atomic E-state index is -4.65. The molecule has 0 spiro atoms. The van der Waals surface area contributed by atoms with Crippen LogP contribution in [0.3, 0.4) is 0 Å². The summed E-state index contributed by atoms with van der Waals surface area (Å²) < 4.78 is 70.1. The molecule has 9 nitrogen and oxygen atoms in total. The first-order chi connectivity index (χ1) is 13.7. The van der Waals surface area contributed by atoms with Crippen LogP contribution in [0.5, 0.6) is 11.5 Å². The molecule has 30 heavy (non-hydrogen) atoms. The van der Waals surface area contributed by atoms with E-state index < -0.39 is 43.3 Å². The first-order valence-electron chi connectivity index (χ1n) is 7.79. The quantitative estimate of drug-likeness (QED) is 0.476. The molecule has 0 bridgehead atoms. The molecule has 0 fully saturated rings. The molecule has 0 aliphatic heterocycles. The monoisotopic (exact) mass is 511 g/mol. The molecule has 14 heteroatoms. The molecule has 0 aliphatic carbocycles. The summed E-state index contributed by atoms with van der Waals surface area (Å²) in [6.45, 7) is 0. The van der Waals surface area contributed by atoms with Gasteiger partial charge in [0.2, 0.25) is 0 Å². The van der Waals surface area contributed by atoms with Crippen molar-refractivity contribution in [3.8, 4) is 11.5 Å². The summed E-state index contributed by atoms with van der Waals surface area (Å²) in [4.78, 5) is 22.0. The van der Waals surface area contributed by atoms with Gasteiger partial charge in [-0.3, -0.25) is 10.1 Å². The van der Waals surface area contributed by atoms with Crippen LogP contribution in [0, 0.1) is 10.1 Å². The molecule has 0 aromatic heterocycles. The van der Waals surface area contributed by atoms with Gasteiger partial charge < -0.3 is 9.64 Å². The van der Waals surface area contributed by atoms with Crippen molar-refractivity contribution in [2.75, 3.05) is 14.1 Å². The van der Waals surface area contributed by atoms with E-state index in [0.717, 1.165) is 41.3 Å². The number of amides is 2. The minimum absolute atomic E-state index is 0.0824. The predicted molar refractivity (Wildman–Crippen MR) is 102 cm³/mol. The van der Waals surface area contributed by atoms with E-state index in [-0.39, 0.29) is 16.0 Å². The zero-order valence-corrected chi connectivity index (χ0v) is 17.6. The number of nitrogens with one attached hydrogen (secondary N) is 1. The van der Waals surface area contributed by atoms with Crippen LogP contribution in [0.2, 0.25) is 0 Å². The van der Waals surface area contributed by atoms with Crippen molar-refractivity contribution in [2.24, 2.45) is 0 Å². The summed E-state index contributed by atoms with van der Waals surface area (Å²) >= 11 is 2.93. The predicted octanol–water partition coefficient (Wildman–Crippen LogP) is 4.13. The molecular formula is C16H13BrF3N3O6S. The highest BCUT2D eigenvalue weighted by atomic mass is 79.9. The number of hydrogen-bond acceptors (Lipinski definition) is 6. The van der Waals surface area contributed by atoms with Crippen LogP contribution >= 0.6 is 15.9 Å². The first kappa shape index (κ1) is 23.4. The second-order valence-electron chi connectivity index (χ2n) is 5.94. The van der Waals surface area contributed by atoms with Crippen LogP contribution < -0.4 is 9.46 Å².